The lowest BCUT2D eigenvalue weighted by molar-refractivity contribution is -0.275. The standard InChI is InChI=1S/C26H19F4N3O5/c1-33-17-6-3-2-5-15(17)20(21(33)24(35)36)23(34)32-25(10-12-37-19-7-4-11-31-22(19)25)14-8-9-18(16(27)13-14)38-26(28,29)30/h2-9,11,13H,10,12H2,1H3,(H,32,34)(H,35,36). The van der Waals surface area contributed by atoms with Crippen LogP contribution in [0.25, 0.3) is 10.9 Å². The average molecular weight is 529 g/mol. The highest BCUT2D eigenvalue weighted by atomic mass is 19.4. The number of nitrogens with one attached hydrogen (secondary N) is 1. The first-order chi connectivity index (χ1) is 18.0. The maximum atomic E-state index is 14.9. The minimum Gasteiger partial charge on any atom is -0.491 e. The van der Waals surface area contributed by atoms with E-state index in [-0.39, 0.29) is 41.3 Å². The number of rotatable bonds is 5. The minimum atomic E-state index is -5.11. The first-order valence-corrected chi connectivity index (χ1v) is 11.3. The molecule has 0 saturated carbocycles. The van der Waals surface area contributed by atoms with Crippen LogP contribution in [0.5, 0.6) is 11.5 Å². The number of halogens is 4. The van der Waals surface area contributed by atoms with E-state index in [1.165, 1.54) is 23.9 Å². The molecule has 0 fully saturated rings. The molecule has 12 heteroatoms. The summed E-state index contributed by atoms with van der Waals surface area (Å²) in [5.74, 6) is -4.22. The van der Waals surface area contributed by atoms with E-state index in [9.17, 15) is 32.3 Å². The van der Waals surface area contributed by atoms with Crippen molar-refractivity contribution in [1.29, 1.82) is 0 Å². The molecule has 2 N–H and O–H groups in total. The number of aryl methyl sites for hydroxylation is 1. The molecule has 0 spiro atoms. The molecule has 0 aliphatic carbocycles. The molecule has 0 radical (unpaired) electrons. The summed E-state index contributed by atoms with van der Waals surface area (Å²) in [5, 5.41) is 13.1. The predicted molar refractivity (Wildman–Crippen MR) is 126 cm³/mol. The van der Waals surface area contributed by atoms with Gasteiger partial charge < -0.3 is 24.5 Å². The van der Waals surface area contributed by atoms with E-state index in [1.807, 2.05) is 0 Å². The SMILES string of the molecule is Cn1c(C(=O)O)c(C(=O)NC2(c3ccc(OC(F)(F)F)c(F)c3)CCOc3cccnc32)c2ccccc21. The van der Waals surface area contributed by atoms with Crippen molar-refractivity contribution in [3.05, 3.63) is 89.1 Å². The number of aromatic carboxylic acids is 1. The van der Waals surface area contributed by atoms with Gasteiger partial charge >= 0.3 is 12.3 Å². The molecule has 196 valence electrons. The van der Waals surface area contributed by atoms with Gasteiger partial charge in [0, 0.05) is 30.6 Å². The number of pyridine rings is 1. The van der Waals surface area contributed by atoms with Crippen LogP contribution in [0.3, 0.4) is 0 Å². The number of ether oxygens (including phenoxy) is 2. The summed E-state index contributed by atoms with van der Waals surface area (Å²) in [6.45, 7) is 0.0444. The Bertz CT molecular complexity index is 1580. The summed E-state index contributed by atoms with van der Waals surface area (Å²) in [5.41, 5.74) is -1.23. The lowest BCUT2D eigenvalue weighted by Gasteiger charge is -2.39. The number of para-hydroxylation sites is 1. The van der Waals surface area contributed by atoms with Crippen molar-refractivity contribution < 1.29 is 41.7 Å². The van der Waals surface area contributed by atoms with Crippen molar-refractivity contribution in [2.24, 2.45) is 7.05 Å². The number of carbonyl (C=O) groups is 2. The Kier molecular flexibility index (Phi) is 5.97. The van der Waals surface area contributed by atoms with E-state index in [0.717, 1.165) is 12.1 Å². The molecule has 2 aromatic carbocycles. The largest absolute Gasteiger partial charge is 0.573 e. The fourth-order valence-electron chi connectivity index (χ4n) is 4.84. The van der Waals surface area contributed by atoms with Gasteiger partial charge in [0.25, 0.3) is 5.91 Å². The number of alkyl halides is 3. The van der Waals surface area contributed by atoms with Crippen molar-refractivity contribution in [3.8, 4) is 11.5 Å². The fourth-order valence-corrected chi connectivity index (χ4v) is 4.84. The number of fused-ring (bicyclic) bond motifs is 2. The molecule has 1 atom stereocenters. The number of amides is 1. The molecule has 3 heterocycles. The summed E-state index contributed by atoms with van der Waals surface area (Å²) in [7, 11) is 1.51. The second kappa shape index (κ2) is 9.05. The van der Waals surface area contributed by atoms with Gasteiger partial charge in [0.05, 0.1) is 12.2 Å². The number of hydrogen-bond acceptors (Lipinski definition) is 5. The quantitative estimate of drug-likeness (QED) is 0.362. The van der Waals surface area contributed by atoms with Crippen LogP contribution in [0.1, 0.15) is 38.5 Å². The normalized spacial score (nSPS) is 17.0. The number of carboxylic acids is 1. The Morgan fingerprint density at radius 1 is 1.16 bits per heavy atom. The van der Waals surface area contributed by atoms with Crippen molar-refractivity contribution in [3.63, 3.8) is 0 Å². The molecule has 8 nitrogen and oxygen atoms in total. The van der Waals surface area contributed by atoms with Gasteiger partial charge in [-0.1, -0.05) is 24.3 Å². The van der Waals surface area contributed by atoms with E-state index in [1.54, 1.807) is 36.4 Å². The van der Waals surface area contributed by atoms with Gasteiger partial charge in [-0.25, -0.2) is 9.18 Å². The molecule has 1 amide bonds. The maximum Gasteiger partial charge on any atom is 0.573 e. The molecular formula is C26H19F4N3O5. The summed E-state index contributed by atoms with van der Waals surface area (Å²) in [6.07, 6.45) is -3.66. The average Bonchev–Trinajstić information content (AvgIpc) is 3.17. The Morgan fingerprint density at radius 2 is 1.92 bits per heavy atom. The van der Waals surface area contributed by atoms with Crippen LogP contribution in [-0.4, -0.2) is 39.5 Å². The zero-order chi connectivity index (χ0) is 27.2. The van der Waals surface area contributed by atoms with Gasteiger partial charge in [0.1, 0.15) is 22.7 Å². The van der Waals surface area contributed by atoms with Crippen LogP contribution in [0.2, 0.25) is 0 Å². The van der Waals surface area contributed by atoms with Crippen LogP contribution in [0.4, 0.5) is 17.6 Å². The number of hydrogen-bond donors (Lipinski definition) is 2. The lowest BCUT2D eigenvalue weighted by atomic mass is 9.81. The third-order valence-electron chi connectivity index (χ3n) is 6.42. The number of nitrogens with zero attached hydrogens (tertiary/aromatic N) is 2. The number of carboxylic acid groups (broad SMARTS) is 1. The second-order valence-corrected chi connectivity index (χ2v) is 8.61. The monoisotopic (exact) mass is 529 g/mol. The predicted octanol–water partition coefficient (Wildman–Crippen LogP) is 4.77. The zero-order valence-electron chi connectivity index (χ0n) is 19.7. The van der Waals surface area contributed by atoms with E-state index in [2.05, 4.69) is 15.0 Å². The van der Waals surface area contributed by atoms with Gasteiger partial charge in [0.2, 0.25) is 0 Å². The Morgan fingerprint density at radius 3 is 2.63 bits per heavy atom. The Labute approximate surface area is 212 Å². The van der Waals surface area contributed by atoms with Crippen molar-refractivity contribution in [2.75, 3.05) is 6.61 Å². The van der Waals surface area contributed by atoms with Crippen LogP contribution in [0, 0.1) is 5.82 Å². The summed E-state index contributed by atoms with van der Waals surface area (Å²) >= 11 is 0. The molecular weight excluding hydrogens is 510 g/mol. The summed E-state index contributed by atoms with van der Waals surface area (Å²) in [6, 6.07) is 12.6. The van der Waals surface area contributed by atoms with Crippen molar-refractivity contribution in [2.45, 2.75) is 18.3 Å². The first-order valence-electron chi connectivity index (χ1n) is 11.3. The molecule has 0 saturated heterocycles. The zero-order valence-corrected chi connectivity index (χ0v) is 19.7. The third-order valence-corrected chi connectivity index (χ3v) is 6.42. The minimum absolute atomic E-state index is 0.0227. The highest BCUT2D eigenvalue weighted by molar-refractivity contribution is 6.14. The Hall–Kier alpha value is -4.61. The van der Waals surface area contributed by atoms with Gasteiger partial charge in [-0.2, -0.15) is 0 Å². The number of benzene rings is 2. The van der Waals surface area contributed by atoms with E-state index in [0.29, 0.717) is 10.9 Å². The third kappa shape index (κ3) is 4.17. The molecule has 1 aliphatic heterocycles. The maximum absolute atomic E-state index is 14.9. The Balaban J connectivity index is 1.68. The van der Waals surface area contributed by atoms with E-state index >= 15 is 0 Å². The molecule has 0 bridgehead atoms. The van der Waals surface area contributed by atoms with Crippen molar-refractivity contribution in [1.82, 2.24) is 14.9 Å². The van der Waals surface area contributed by atoms with E-state index < -0.39 is 35.3 Å². The summed E-state index contributed by atoms with van der Waals surface area (Å²) < 4.78 is 63.8. The van der Waals surface area contributed by atoms with Crippen LogP contribution in [0.15, 0.2) is 60.8 Å². The molecule has 1 unspecified atom stereocenters. The van der Waals surface area contributed by atoms with Gasteiger partial charge in [-0.05, 0) is 35.9 Å². The molecule has 5 rings (SSSR count). The molecule has 4 aromatic rings. The number of carbonyl (C=O) groups excluding carboxylic acids is 1. The van der Waals surface area contributed by atoms with Crippen molar-refractivity contribution >= 4 is 22.8 Å². The van der Waals surface area contributed by atoms with Crippen LogP contribution >= 0.6 is 0 Å². The molecule has 1 aliphatic rings. The lowest BCUT2D eigenvalue weighted by Crippen LogP contribution is -2.50. The highest BCUT2D eigenvalue weighted by Gasteiger charge is 2.44. The topological polar surface area (TPSA) is 103 Å². The number of aromatic nitrogens is 2. The smallest absolute Gasteiger partial charge is 0.491 e. The molecule has 2 aromatic heterocycles. The first kappa shape index (κ1) is 25.1. The fraction of sp³-hybridized carbons (Fsp3) is 0.192. The second-order valence-electron chi connectivity index (χ2n) is 8.61. The van der Waals surface area contributed by atoms with Gasteiger partial charge in [0.15, 0.2) is 11.6 Å². The highest BCUT2D eigenvalue weighted by Crippen LogP contribution is 2.42. The molecule has 38 heavy (non-hydrogen) atoms. The van der Waals surface area contributed by atoms with E-state index in [4.69, 9.17) is 4.74 Å². The van der Waals surface area contributed by atoms with Crippen LogP contribution < -0.4 is 14.8 Å². The summed E-state index contributed by atoms with van der Waals surface area (Å²) in [4.78, 5) is 30.4. The van der Waals surface area contributed by atoms with Crippen LogP contribution in [-0.2, 0) is 12.6 Å². The van der Waals surface area contributed by atoms with Gasteiger partial charge in [-0.3, -0.25) is 9.78 Å². The van der Waals surface area contributed by atoms with Gasteiger partial charge in [-0.15, -0.1) is 13.2 Å².